The Balaban J connectivity index is 2.51. The molecule has 0 saturated carbocycles. The number of amides is 4. The largest absolute Gasteiger partial charge is 0.444 e. The van der Waals surface area contributed by atoms with Gasteiger partial charge in [-0.2, -0.15) is 0 Å². The number of nitrogens with one attached hydrogen (secondary N) is 2. The van der Waals surface area contributed by atoms with E-state index in [4.69, 9.17) is 10.5 Å². The van der Waals surface area contributed by atoms with Crippen molar-refractivity contribution >= 4 is 29.9 Å². The normalized spacial score (nSPS) is 12.5. The van der Waals surface area contributed by atoms with Crippen LogP contribution in [0.4, 0.5) is 4.79 Å². The molecule has 0 heterocycles. The van der Waals surface area contributed by atoms with E-state index < -0.39 is 47.9 Å². The second-order valence-electron chi connectivity index (χ2n) is 10.6. The monoisotopic (exact) mass is 550 g/mol. The number of nitrogens with two attached hydrogens (primary N) is 1. The van der Waals surface area contributed by atoms with Crippen LogP contribution in [0.15, 0.2) is 61.2 Å². The number of hydrogen-bond donors (Lipinski definition) is 3. The molecular weight excluding hydrogens is 508 g/mol. The number of unbranched alkanes of at least 4 members (excludes halogenated alkanes) is 2. The van der Waals surface area contributed by atoms with Crippen LogP contribution in [0, 0.1) is 0 Å². The molecule has 0 aliphatic carbocycles. The van der Waals surface area contributed by atoms with Gasteiger partial charge in [0, 0.05) is 13.1 Å². The minimum Gasteiger partial charge on any atom is -0.444 e. The Morgan fingerprint density at radius 2 is 1.75 bits per heavy atom. The predicted molar refractivity (Wildman–Crippen MR) is 156 cm³/mol. The molecule has 0 aromatic heterocycles. The van der Waals surface area contributed by atoms with Crippen LogP contribution in [-0.2, 0) is 25.7 Å². The number of benzene rings is 2. The summed E-state index contributed by atoms with van der Waals surface area (Å²) in [4.78, 5) is 53.9. The van der Waals surface area contributed by atoms with E-state index in [0.29, 0.717) is 12.0 Å². The Morgan fingerprint density at radius 3 is 2.35 bits per heavy atom. The van der Waals surface area contributed by atoms with Crippen LogP contribution >= 0.6 is 0 Å². The lowest BCUT2D eigenvalue weighted by molar-refractivity contribution is -0.143. The van der Waals surface area contributed by atoms with Crippen LogP contribution in [-0.4, -0.2) is 46.9 Å². The van der Waals surface area contributed by atoms with Gasteiger partial charge < -0.3 is 26.0 Å². The Kier molecular flexibility index (Phi) is 12.4. The van der Waals surface area contributed by atoms with E-state index in [1.807, 2.05) is 43.3 Å². The second-order valence-corrected chi connectivity index (χ2v) is 10.6. The van der Waals surface area contributed by atoms with Gasteiger partial charge in [0.25, 0.3) is 0 Å². The molecule has 0 aliphatic rings. The fourth-order valence-electron chi connectivity index (χ4n) is 4.16. The van der Waals surface area contributed by atoms with E-state index in [1.54, 1.807) is 45.0 Å². The zero-order valence-electron chi connectivity index (χ0n) is 23.9. The molecule has 9 heteroatoms. The first-order valence-corrected chi connectivity index (χ1v) is 13.6. The SMILES string of the molecule is C=Cc1cccc(C(C(=O)NCc2ccccc2)N(CCCCC)C(=O)C(CC(N)=O)NC(=O)OC(C)(C)C)c1. The maximum absolute atomic E-state index is 14.1. The molecule has 2 rings (SSSR count). The third kappa shape index (κ3) is 10.6. The molecule has 2 aromatic rings. The molecule has 4 amide bonds. The molecule has 2 unspecified atom stereocenters. The average molecular weight is 551 g/mol. The van der Waals surface area contributed by atoms with Crippen molar-refractivity contribution in [3.8, 4) is 0 Å². The van der Waals surface area contributed by atoms with Gasteiger partial charge in [-0.05, 0) is 49.9 Å². The van der Waals surface area contributed by atoms with E-state index in [-0.39, 0.29) is 13.1 Å². The Hall–Kier alpha value is -4.14. The van der Waals surface area contributed by atoms with Crippen molar-refractivity contribution in [1.82, 2.24) is 15.5 Å². The molecule has 0 spiro atoms. The summed E-state index contributed by atoms with van der Waals surface area (Å²) in [6, 6.07) is 14.3. The van der Waals surface area contributed by atoms with Crippen molar-refractivity contribution in [3.63, 3.8) is 0 Å². The Labute approximate surface area is 237 Å². The van der Waals surface area contributed by atoms with Gasteiger partial charge in [-0.25, -0.2) is 4.79 Å². The van der Waals surface area contributed by atoms with Crippen molar-refractivity contribution in [3.05, 3.63) is 77.9 Å². The lowest BCUT2D eigenvalue weighted by Gasteiger charge is -2.34. The number of ether oxygens (including phenoxy) is 1. The van der Waals surface area contributed by atoms with Crippen LogP contribution in [0.1, 0.15) is 76.1 Å². The summed E-state index contributed by atoms with van der Waals surface area (Å²) in [5.41, 5.74) is 6.89. The van der Waals surface area contributed by atoms with Crippen LogP contribution in [0.2, 0.25) is 0 Å². The summed E-state index contributed by atoms with van der Waals surface area (Å²) in [5.74, 6) is -1.78. The lowest BCUT2D eigenvalue weighted by Crippen LogP contribution is -2.54. The summed E-state index contributed by atoms with van der Waals surface area (Å²) in [6.45, 7) is 11.4. The molecule has 0 saturated heterocycles. The van der Waals surface area contributed by atoms with Gasteiger partial charge in [0.2, 0.25) is 17.7 Å². The molecule has 0 aliphatic heterocycles. The highest BCUT2D eigenvalue weighted by Gasteiger charge is 2.36. The lowest BCUT2D eigenvalue weighted by atomic mass is 9.99. The van der Waals surface area contributed by atoms with Crippen LogP contribution < -0.4 is 16.4 Å². The summed E-state index contributed by atoms with van der Waals surface area (Å²) >= 11 is 0. The van der Waals surface area contributed by atoms with Crippen molar-refractivity contribution in [2.75, 3.05) is 6.54 Å². The first-order chi connectivity index (χ1) is 18.9. The van der Waals surface area contributed by atoms with E-state index in [1.165, 1.54) is 4.90 Å². The highest BCUT2D eigenvalue weighted by molar-refractivity contribution is 5.94. The second kappa shape index (κ2) is 15.5. The maximum Gasteiger partial charge on any atom is 0.408 e. The van der Waals surface area contributed by atoms with Crippen molar-refractivity contribution < 1.29 is 23.9 Å². The van der Waals surface area contributed by atoms with Gasteiger partial charge in [0.1, 0.15) is 17.7 Å². The number of primary amides is 1. The van der Waals surface area contributed by atoms with E-state index >= 15 is 0 Å². The highest BCUT2D eigenvalue weighted by Crippen LogP contribution is 2.25. The molecule has 40 heavy (non-hydrogen) atoms. The number of hydrogen-bond acceptors (Lipinski definition) is 5. The smallest absolute Gasteiger partial charge is 0.408 e. The standard InChI is InChI=1S/C31H42N4O5/c1-6-8-12-18-35(29(38)25(20-26(32)36)34-30(39)40-31(3,4)5)27(24-17-13-16-22(7-2)19-24)28(37)33-21-23-14-10-9-11-15-23/h7,9-11,13-17,19,25,27H,2,6,8,12,18,20-21H2,1,3-5H3,(H2,32,36)(H,33,37)(H,34,39). The molecule has 4 N–H and O–H groups in total. The van der Waals surface area contributed by atoms with Gasteiger partial charge in [-0.15, -0.1) is 0 Å². The topological polar surface area (TPSA) is 131 Å². The highest BCUT2D eigenvalue weighted by atomic mass is 16.6. The minimum absolute atomic E-state index is 0.222. The summed E-state index contributed by atoms with van der Waals surface area (Å²) in [7, 11) is 0. The van der Waals surface area contributed by atoms with E-state index in [0.717, 1.165) is 24.0 Å². The summed E-state index contributed by atoms with van der Waals surface area (Å²) < 4.78 is 5.33. The average Bonchev–Trinajstić information content (AvgIpc) is 2.90. The number of alkyl carbamates (subject to hydrolysis) is 1. The maximum atomic E-state index is 14.1. The quantitative estimate of drug-likeness (QED) is 0.299. The Morgan fingerprint density at radius 1 is 1.05 bits per heavy atom. The van der Waals surface area contributed by atoms with Crippen molar-refractivity contribution in [2.45, 2.75) is 77.6 Å². The number of rotatable bonds is 14. The van der Waals surface area contributed by atoms with Crippen molar-refractivity contribution in [2.24, 2.45) is 5.73 Å². The van der Waals surface area contributed by atoms with Gasteiger partial charge in [-0.3, -0.25) is 14.4 Å². The fourth-order valence-corrected chi connectivity index (χ4v) is 4.16. The molecular formula is C31H42N4O5. The third-order valence-electron chi connectivity index (χ3n) is 6.01. The molecule has 0 bridgehead atoms. The van der Waals surface area contributed by atoms with E-state index in [2.05, 4.69) is 17.2 Å². The number of carbonyl (C=O) groups excluding carboxylic acids is 4. The summed E-state index contributed by atoms with van der Waals surface area (Å²) in [5, 5.41) is 5.45. The Bertz CT molecular complexity index is 1160. The molecule has 9 nitrogen and oxygen atoms in total. The van der Waals surface area contributed by atoms with Crippen LogP contribution in [0.5, 0.6) is 0 Å². The first kappa shape index (κ1) is 32.1. The molecule has 0 radical (unpaired) electrons. The van der Waals surface area contributed by atoms with Gasteiger partial charge in [0.15, 0.2) is 0 Å². The summed E-state index contributed by atoms with van der Waals surface area (Å²) in [6.07, 6.45) is 2.66. The van der Waals surface area contributed by atoms with Crippen LogP contribution in [0.25, 0.3) is 6.08 Å². The predicted octanol–water partition coefficient (Wildman–Crippen LogP) is 4.47. The number of nitrogens with zero attached hydrogens (tertiary/aromatic N) is 1. The van der Waals surface area contributed by atoms with Gasteiger partial charge in [0.05, 0.1) is 6.42 Å². The fraction of sp³-hybridized carbons (Fsp3) is 0.419. The zero-order chi connectivity index (χ0) is 29.7. The van der Waals surface area contributed by atoms with E-state index in [9.17, 15) is 19.2 Å². The van der Waals surface area contributed by atoms with Crippen LogP contribution in [0.3, 0.4) is 0 Å². The molecule has 2 aromatic carbocycles. The van der Waals surface area contributed by atoms with Gasteiger partial charge in [-0.1, -0.05) is 81.0 Å². The third-order valence-corrected chi connectivity index (χ3v) is 6.01. The molecule has 2 atom stereocenters. The number of carbonyl (C=O) groups is 4. The minimum atomic E-state index is -1.32. The molecule has 216 valence electrons. The zero-order valence-corrected chi connectivity index (χ0v) is 23.9. The first-order valence-electron chi connectivity index (χ1n) is 13.6. The van der Waals surface area contributed by atoms with Crippen molar-refractivity contribution in [1.29, 1.82) is 0 Å². The molecule has 0 fully saturated rings. The van der Waals surface area contributed by atoms with Gasteiger partial charge >= 0.3 is 6.09 Å².